The van der Waals surface area contributed by atoms with Crippen LogP contribution in [0.25, 0.3) is 0 Å². The van der Waals surface area contributed by atoms with Gasteiger partial charge in [-0.25, -0.2) is 0 Å². The van der Waals surface area contributed by atoms with Crippen LogP contribution in [0.2, 0.25) is 0 Å². The summed E-state index contributed by atoms with van der Waals surface area (Å²) < 4.78 is 9.99. The summed E-state index contributed by atoms with van der Waals surface area (Å²) in [4.78, 5) is 21.3. The van der Waals surface area contributed by atoms with E-state index in [0.29, 0.717) is 18.8 Å². The lowest BCUT2D eigenvalue weighted by Gasteiger charge is -2.07. The van der Waals surface area contributed by atoms with Gasteiger partial charge in [-0.1, -0.05) is 6.07 Å². The van der Waals surface area contributed by atoms with Crippen LogP contribution in [0.15, 0.2) is 18.2 Å². The molecule has 0 heterocycles. The zero-order valence-electron chi connectivity index (χ0n) is 11.8. The zero-order valence-corrected chi connectivity index (χ0v) is 11.8. The Labute approximate surface area is 117 Å². The quantitative estimate of drug-likeness (QED) is 0.317. The largest absolute Gasteiger partial charge is 0.487 e. The van der Waals surface area contributed by atoms with Crippen LogP contribution in [0.4, 0.5) is 5.69 Å². The second-order valence-corrected chi connectivity index (χ2v) is 4.46. The fraction of sp³-hybridized carbons (Fsp3) is 0.500. The summed E-state index contributed by atoms with van der Waals surface area (Å²) in [6.07, 6.45) is 2.67. The molecule has 6 heteroatoms. The Morgan fingerprint density at radius 3 is 2.70 bits per heavy atom. The van der Waals surface area contributed by atoms with E-state index >= 15 is 0 Å². The fourth-order valence-electron chi connectivity index (χ4n) is 1.72. The standard InChI is InChI=1S/C14H19NO5/c1-11-7-8-12(15(17)18)13(10-11)20-9-5-3-4-6-14(16)19-2/h7-8,10H,3-6,9H2,1-2H3. The third-order valence-corrected chi connectivity index (χ3v) is 2.82. The molecule has 0 aliphatic rings. The molecule has 0 fully saturated rings. The van der Waals surface area contributed by atoms with Crippen LogP contribution >= 0.6 is 0 Å². The van der Waals surface area contributed by atoms with Crippen molar-refractivity contribution in [3.8, 4) is 5.75 Å². The predicted octanol–water partition coefficient (Wildman–Crippen LogP) is 3.02. The maximum Gasteiger partial charge on any atom is 0.310 e. The van der Waals surface area contributed by atoms with Gasteiger partial charge in [-0.3, -0.25) is 14.9 Å². The number of nitrogens with zero attached hydrogens (tertiary/aromatic N) is 1. The second kappa shape index (κ2) is 8.14. The topological polar surface area (TPSA) is 78.7 Å². The predicted molar refractivity (Wildman–Crippen MR) is 73.8 cm³/mol. The Kier molecular flexibility index (Phi) is 6.49. The van der Waals surface area contributed by atoms with Gasteiger partial charge in [-0.15, -0.1) is 0 Å². The minimum Gasteiger partial charge on any atom is -0.487 e. The number of methoxy groups -OCH3 is 1. The summed E-state index contributed by atoms with van der Waals surface area (Å²) in [5, 5.41) is 10.9. The summed E-state index contributed by atoms with van der Waals surface area (Å²) in [6.45, 7) is 2.25. The smallest absolute Gasteiger partial charge is 0.310 e. The average molecular weight is 281 g/mol. The first-order valence-electron chi connectivity index (χ1n) is 6.49. The number of carbonyl (C=O) groups excluding carboxylic acids is 1. The van der Waals surface area contributed by atoms with Crippen molar-refractivity contribution in [2.24, 2.45) is 0 Å². The van der Waals surface area contributed by atoms with Crippen LogP contribution < -0.4 is 4.74 Å². The number of ether oxygens (including phenoxy) is 2. The molecule has 20 heavy (non-hydrogen) atoms. The molecule has 0 aliphatic carbocycles. The normalized spacial score (nSPS) is 10.1. The molecule has 1 rings (SSSR count). The molecule has 0 atom stereocenters. The fourth-order valence-corrected chi connectivity index (χ4v) is 1.72. The lowest BCUT2D eigenvalue weighted by molar-refractivity contribution is -0.385. The van der Waals surface area contributed by atoms with E-state index in [9.17, 15) is 14.9 Å². The van der Waals surface area contributed by atoms with Crippen molar-refractivity contribution < 1.29 is 19.2 Å². The van der Waals surface area contributed by atoms with E-state index in [1.807, 2.05) is 6.92 Å². The van der Waals surface area contributed by atoms with Gasteiger partial charge in [0.1, 0.15) is 0 Å². The third kappa shape index (κ3) is 5.26. The first-order valence-corrected chi connectivity index (χ1v) is 6.49. The van der Waals surface area contributed by atoms with E-state index in [0.717, 1.165) is 24.8 Å². The van der Waals surface area contributed by atoms with Gasteiger partial charge < -0.3 is 9.47 Å². The van der Waals surface area contributed by atoms with Crippen LogP contribution in [-0.4, -0.2) is 24.6 Å². The van der Waals surface area contributed by atoms with Gasteiger partial charge in [0.15, 0.2) is 5.75 Å². The Morgan fingerprint density at radius 2 is 2.05 bits per heavy atom. The molecule has 0 bridgehead atoms. The van der Waals surface area contributed by atoms with Gasteiger partial charge in [0, 0.05) is 12.5 Å². The first kappa shape index (κ1) is 15.9. The molecule has 0 spiro atoms. The molecule has 0 amide bonds. The van der Waals surface area contributed by atoms with Crippen molar-refractivity contribution in [3.63, 3.8) is 0 Å². The molecule has 0 N–H and O–H groups in total. The van der Waals surface area contributed by atoms with Crippen LogP contribution in [0, 0.1) is 17.0 Å². The Balaban J connectivity index is 2.36. The number of nitro benzene ring substituents is 1. The minimum absolute atomic E-state index is 0.0230. The van der Waals surface area contributed by atoms with Crippen molar-refractivity contribution in [2.75, 3.05) is 13.7 Å². The molecule has 1 aromatic carbocycles. The van der Waals surface area contributed by atoms with E-state index in [-0.39, 0.29) is 11.7 Å². The van der Waals surface area contributed by atoms with Gasteiger partial charge in [0.05, 0.1) is 18.6 Å². The maximum atomic E-state index is 10.9. The number of nitro groups is 1. The average Bonchev–Trinajstić information content (AvgIpc) is 2.42. The number of unbranched alkanes of at least 4 members (excludes halogenated alkanes) is 2. The van der Waals surface area contributed by atoms with E-state index in [2.05, 4.69) is 4.74 Å². The van der Waals surface area contributed by atoms with Gasteiger partial charge in [0.2, 0.25) is 0 Å². The molecule has 0 saturated carbocycles. The van der Waals surface area contributed by atoms with Crippen LogP contribution in [0.1, 0.15) is 31.2 Å². The first-order chi connectivity index (χ1) is 9.54. The Morgan fingerprint density at radius 1 is 1.30 bits per heavy atom. The summed E-state index contributed by atoms with van der Waals surface area (Å²) in [5.74, 6) is 0.0724. The number of hydrogen-bond donors (Lipinski definition) is 0. The van der Waals surface area contributed by atoms with Crippen molar-refractivity contribution in [1.29, 1.82) is 0 Å². The highest BCUT2D eigenvalue weighted by molar-refractivity contribution is 5.68. The highest BCUT2D eigenvalue weighted by Crippen LogP contribution is 2.27. The van der Waals surface area contributed by atoms with Crippen LogP contribution in [0.5, 0.6) is 5.75 Å². The van der Waals surface area contributed by atoms with Crippen LogP contribution in [0.3, 0.4) is 0 Å². The van der Waals surface area contributed by atoms with Gasteiger partial charge in [-0.05, 0) is 37.8 Å². The van der Waals surface area contributed by atoms with Gasteiger partial charge >= 0.3 is 11.7 Å². The number of carbonyl (C=O) groups is 1. The molecular formula is C14H19NO5. The highest BCUT2D eigenvalue weighted by atomic mass is 16.6. The molecule has 0 aliphatic heterocycles. The minimum atomic E-state index is -0.452. The third-order valence-electron chi connectivity index (χ3n) is 2.82. The summed E-state index contributed by atoms with van der Waals surface area (Å²) in [5.41, 5.74) is 0.890. The summed E-state index contributed by atoms with van der Waals surface area (Å²) in [6, 6.07) is 4.79. The number of esters is 1. The highest BCUT2D eigenvalue weighted by Gasteiger charge is 2.14. The molecule has 1 aromatic rings. The summed E-state index contributed by atoms with van der Waals surface area (Å²) >= 11 is 0. The monoisotopic (exact) mass is 281 g/mol. The molecular weight excluding hydrogens is 262 g/mol. The zero-order chi connectivity index (χ0) is 15.0. The van der Waals surface area contributed by atoms with E-state index in [1.54, 1.807) is 12.1 Å². The lowest BCUT2D eigenvalue weighted by Crippen LogP contribution is -2.02. The molecule has 0 radical (unpaired) electrons. The van der Waals surface area contributed by atoms with Crippen molar-refractivity contribution in [2.45, 2.75) is 32.6 Å². The van der Waals surface area contributed by atoms with Gasteiger partial charge in [-0.2, -0.15) is 0 Å². The van der Waals surface area contributed by atoms with Crippen LogP contribution in [-0.2, 0) is 9.53 Å². The Bertz CT molecular complexity index is 473. The Hall–Kier alpha value is -2.11. The molecule has 0 unspecified atom stereocenters. The van der Waals surface area contributed by atoms with Gasteiger partial charge in [0.25, 0.3) is 0 Å². The van der Waals surface area contributed by atoms with Crippen molar-refractivity contribution in [3.05, 3.63) is 33.9 Å². The van der Waals surface area contributed by atoms with E-state index in [4.69, 9.17) is 4.74 Å². The molecule has 6 nitrogen and oxygen atoms in total. The molecule has 0 aromatic heterocycles. The maximum absolute atomic E-state index is 10.9. The molecule has 110 valence electrons. The second-order valence-electron chi connectivity index (χ2n) is 4.46. The van der Waals surface area contributed by atoms with E-state index < -0.39 is 4.92 Å². The number of aryl methyl sites for hydroxylation is 1. The number of hydrogen-bond acceptors (Lipinski definition) is 5. The molecule has 0 saturated heterocycles. The lowest BCUT2D eigenvalue weighted by atomic mass is 10.2. The number of benzene rings is 1. The van der Waals surface area contributed by atoms with E-state index in [1.165, 1.54) is 13.2 Å². The van der Waals surface area contributed by atoms with Crippen molar-refractivity contribution >= 4 is 11.7 Å². The SMILES string of the molecule is COC(=O)CCCCCOc1cc(C)ccc1[N+](=O)[O-]. The van der Waals surface area contributed by atoms with Crippen molar-refractivity contribution in [1.82, 2.24) is 0 Å². The summed E-state index contributed by atoms with van der Waals surface area (Å²) in [7, 11) is 1.36. The number of rotatable bonds is 8.